The van der Waals surface area contributed by atoms with Crippen molar-refractivity contribution in [2.75, 3.05) is 6.61 Å². The largest absolute Gasteiger partial charge is 0.493 e. The maximum absolute atomic E-state index is 9.42. The number of hydrogen-bond acceptors (Lipinski definition) is 2. The molecule has 0 aliphatic carbocycles. The molecule has 1 aromatic carbocycles. The molecular weight excluding hydrogens is 200 g/mol. The number of benzene rings is 1. The van der Waals surface area contributed by atoms with E-state index in [1.807, 2.05) is 25.1 Å². The van der Waals surface area contributed by atoms with Gasteiger partial charge in [-0.3, -0.25) is 0 Å². The van der Waals surface area contributed by atoms with Gasteiger partial charge in [-0.2, -0.15) is 0 Å². The van der Waals surface area contributed by atoms with Gasteiger partial charge in [0.1, 0.15) is 5.75 Å². The molecule has 1 rings (SSSR count). The van der Waals surface area contributed by atoms with E-state index in [-0.39, 0.29) is 0 Å². The van der Waals surface area contributed by atoms with Gasteiger partial charge in [0.15, 0.2) is 0 Å². The quantitative estimate of drug-likeness (QED) is 0.608. The number of rotatable bonds is 5. The molecule has 0 radical (unpaired) electrons. The standard InChI is InChI=1S/C14H18O2/c1-4-5-6-9-16-14-8-7-13(12(3)15)10-11(14)2/h1,7-8,10,12,15H,5-6,9H2,2-3H3. The summed E-state index contributed by atoms with van der Waals surface area (Å²) in [4.78, 5) is 0. The van der Waals surface area contributed by atoms with Crippen LogP contribution in [0.25, 0.3) is 0 Å². The molecule has 0 saturated heterocycles. The Morgan fingerprint density at radius 3 is 2.81 bits per heavy atom. The Morgan fingerprint density at radius 2 is 2.25 bits per heavy atom. The van der Waals surface area contributed by atoms with Crippen molar-refractivity contribution < 1.29 is 9.84 Å². The Kier molecular flexibility index (Phi) is 4.88. The van der Waals surface area contributed by atoms with Crippen LogP contribution in [0.4, 0.5) is 0 Å². The van der Waals surface area contributed by atoms with E-state index in [1.54, 1.807) is 6.92 Å². The number of ether oxygens (including phenoxy) is 1. The van der Waals surface area contributed by atoms with Crippen molar-refractivity contribution in [2.24, 2.45) is 0 Å². The second-order valence-electron chi connectivity index (χ2n) is 3.86. The monoisotopic (exact) mass is 218 g/mol. The Bertz CT molecular complexity index is 375. The summed E-state index contributed by atoms with van der Waals surface area (Å²) < 4.78 is 5.60. The van der Waals surface area contributed by atoms with Crippen LogP contribution in [-0.2, 0) is 0 Å². The molecule has 86 valence electrons. The molecule has 0 fully saturated rings. The van der Waals surface area contributed by atoms with E-state index in [9.17, 15) is 5.11 Å². The first-order chi connectivity index (χ1) is 7.65. The maximum Gasteiger partial charge on any atom is 0.122 e. The van der Waals surface area contributed by atoms with E-state index >= 15 is 0 Å². The lowest BCUT2D eigenvalue weighted by Crippen LogP contribution is -1.99. The number of aliphatic hydroxyl groups is 1. The molecule has 0 aromatic heterocycles. The topological polar surface area (TPSA) is 29.5 Å². The van der Waals surface area contributed by atoms with Gasteiger partial charge in [0, 0.05) is 6.42 Å². The van der Waals surface area contributed by atoms with Crippen molar-refractivity contribution in [2.45, 2.75) is 32.8 Å². The van der Waals surface area contributed by atoms with Gasteiger partial charge in [0.2, 0.25) is 0 Å². The van der Waals surface area contributed by atoms with Gasteiger partial charge in [-0.05, 0) is 43.5 Å². The number of aryl methyl sites for hydroxylation is 1. The third-order valence-electron chi connectivity index (χ3n) is 2.40. The highest BCUT2D eigenvalue weighted by molar-refractivity contribution is 5.36. The highest BCUT2D eigenvalue weighted by Crippen LogP contribution is 2.22. The summed E-state index contributed by atoms with van der Waals surface area (Å²) in [5.41, 5.74) is 1.95. The van der Waals surface area contributed by atoms with Crippen LogP contribution < -0.4 is 4.74 Å². The first-order valence-electron chi connectivity index (χ1n) is 5.50. The average molecular weight is 218 g/mol. The fourth-order valence-corrected chi connectivity index (χ4v) is 1.45. The molecule has 1 aromatic rings. The molecule has 0 heterocycles. The molecule has 1 N–H and O–H groups in total. The van der Waals surface area contributed by atoms with Gasteiger partial charge in [0.05, 0.1) is 12.7 Å². The van der Waals surface area contributed by atoms with Crippen LogP contribution in [0.2, 0.25) is 0 Å². The number of terminal acetylenes is 1. The van der Waals surface area contributed by atoms with Crippen LogP contribution in [0, 0.1) is 19.3 Å². The fourth-order valence-electron chi connectivity index (χ4n) is 1.45. The van der Waals surface area contributed by atoms with Gasteiger partial charge < -0.3 is 9.84 Å². The minimum atomic E-state index is -0.436. The predicted octanol–water partition coefficient (Wildman–Crippen LogP) is 2.84. The van der Waals surface area contributed by atoms with Gasteiger partial charge in [0.25, 0.3) is 0 Å². The van der Waals surface area contributed by atoms with Crippen molar-refractivity contribution >= 4 is 0 Å². The van der Waals surface area contributed by atoms with E-state index in [2.05, 4.69) is 5.92 Å². The van der Waals surface area contributed by atoms with Crippen LogP contribution in [0.5, 0.6) is 5.75 Å². The SMILES string of the molecule is C#CCCCOc1ccc(C(C)O)cc1C. The molecule has 0 bridgehead atoms. The minimum absolute atomic E-state index is 0.436. The molecule has 0 aliphatic rings. The first kappa shape index (κ1) is 12.6. The summed E-state index contributed by atoms with van der Waals surface area (Å²) in [7, 11) is 0. The zero-order valence-corrected chi connectivity index (χ0v) is 9.86. The smallest absolute Gasteiger partial charge is 0.122 e. The zero-order valence-electron chi connectivity index (χ0n) is 9.86. The highest BCUT2D eigenvalue weighted by Gasteiger charge is 2.04. The summed E-state index contributed by atoms with van der Waals surface area (Å²) in [5, 5.41) is 9.42. The third-order valence-corrected chi connectivity index (χ3v) is 2.40. The van der Waals surface area contributed by atoms with Crippen molar-refractivity contribution in [1.29, 1.82) is 0 Å². The van der Waals surface area contributed by atoms with Gasteiger partial charge in [-0.25, -0.2) is 0 Å². The van der Waals surface area contributed by atoms with E-state index in [0.717, 1.165) is 29.7 Å². The second-order valence-corrected chi connectivity index (χ2v) is 3.86. The Hall–Kier alpha value is -1.46. The number of hydrogen-bond donors (Lipinski definition) is 1. The lowest BCUT2D eigenvalue weighted by molar-refractivity contribution is 0.199. The zero-order chi connectivity index (χ0) is 12.0. The molecule has 0 aliphatic heterocycles. The molecule has 0 amide bonds. The van der Waals surface area contributed by atoms with Crippen molar-refractivity contribution in [3.05, 3.63) is 29.3 Å². The molecule has 0 spiro atoms. The Morgan fingerprint density at radius 1 is 1.50 bits per heavy atom. The van der Waals surface area contributed by atoms with Crippen LogP contribution >= 0.6 is 0 Å². The van der Waals surface area contributed by atoms with Crippen LogP contribution in [0.1, 0.15) is 37.0 Å². The van der Waals surface area contributed by atoms with Gasteiger partial charge in [-0.1, -0.05) is 6.07 Å². The van der Waals surface area contributed by atoms with E-state index in [0.29, 0.717) is 6.61 Å². The van der Waals surface area contributed by atoms with Crippen molar-refractivity contribution in [1.82, 2.24) is 0 Å². The van der Waals surface area contributed by atoms with E-state index in [1.165, 1.54) is 0 Å². The van der Waals surface area contributed by atoms with Crippen LogP contribution in [0.3, 0.4) is 0 Å². The van der Waals surface area contributed by atoms with Crippen molar-refractivity contribution in [3.8, 4) is 18.1 Å². The molecule has 2 heteroatoms. The second kappa shape index (κ2) is 6.19. The summed E-state index contributed by atoms with van der Waals surface area (Å²) in [6.07, 6.45) is 6.33. The van der Waals surface area contributed by atoms with Crippen LogP contribution in [-0.4, -0.2) is 11.7 Å². The lowest BCUT2D eigenvalue weighted by Gasteiger charge is -2.11. The van der Waals surface area contributed by atoms with E-state index < -0.39 is 6.10 Å². The molecular formula is C14H18O2. The normalized spacial score (nSPS) is 11.9. The summed E-state index contributed by atoms with van der Waals surface area (Å²) in [6, 6.07) is 5.72. The highest BCUT2D eigenvalue weighted by atomic mass is 16.5. The molecule has 0 saturated carbocycles. The van der Waals surface area contributed by atoms with Crippen LogP contribution in [0.15, 0.2) is 18.2 Å². The number of unbranched alkanes of at least 4 members (excludes halogenated alkanes) is 1. The summed E-state index contributed by atoms with van der Waals surface area (Å²) >= 11 is 0. The maximum atomic E-state index is 9.42. The fraction of sp³-hybridized carbons (Fsp3) is 0.429. The minimum Gasteiger partial charge on any atom is -0.493 e. The summed E-state index contributed by atoms with van der Waals surface area (Å²) in [6.45, 7) is 4.36. The third kappa shape index (κ3) is 3.60. The Balaban J connectivity index is 2.58. The van der Waals surface area contributed by atoms with Crippen molar-refractivity contribution in [3.63, 3.8) is 0 Å². The average Bonchev–Trinajstić information content (AvgIpc) is 2.26. The molecule has 2 nitrogen and oxygen atoms in total. The predicted molar refractivity (Wildman–Crippen MR) is 65.4 cm³/mol. The Labute approximate surface area is 97.3 Å². The van der Waals surface area contributed by atoms with Gasteiger partial charge >= 0.3 is 0 Å². The first-order valence-corrected chi connectivity index (χ1v) is 5.50. The summed E-state index contributed by atoms with van der Waals surface area (Å²) in [5.74, 6) is 3.44. The lowest BCUT2D eigenvalue weighted by atomic mass is 10.1. The van der Waals surface area contributed by atoms with E-state index in [4.69, 9.17) is 11.2 Å². The van der Waals surface area contributed by atoms with Gasteiger partial charge in [-0.15, -0.1) is 12.3 Å². The molecule has 1 unspecified atom stereocenters. The molecule has 16 heavy (non-hydrogen) atoms. The molecule has 1 atom stereocenters. The number of aliphatic hydroxyl groups excluding tert-OH is 1.